The maximum absolute atomic E-state index is 4.77. The number of nitrogens with one attached hydrogen (secondary N) is 1. The lowest BCUT2D eigenvalue weighted by Gasteiger charge is -2.20. The van der Waals surface area contributed by atoms with Crippen molar-refractivity contribution in [2.75, 3.05) is 0 Å². The van der Waals surface area contributed by atoms with Crippen molar-refractivity contribution >= 4 is 52.6 Å². The molecule has 0 amide bonds. The molecule has 1 N–H and O–H groups in total. The van der Waals surface area contributed by atoms with Crippen molar-refractivity contribution in [2.24, 2.45) is 0 Å². The molecule has 140 valence electrons. The molecule has 0 aliphatic carbocycles. The molecule has 0 unspecified atom stereocenters. The second-order valence-electron chi connectivity index (χ2n) is 8.98. The molecule has 0 fully saturated rings. The van der Waals surface area contributed by atoms with Crippen LogP contribution in [0.2, 0.25) is 0 Å². The molecule has 0 atom stereocenters. The summed E-state index contributed by atoms with van der Waals surface area (Å²) >= 11 is 0. The van der Waals surface area contributed by atoms with Gasteiger partial charge in [0.1, 0.15) is 7.85 Å². The van der Waals surface area contributed by atoms with Crippen LogP contribution >= 0.6 is 0 Å². The number of para-hydroxylation sites is 2. The van der Waals surface area contributed by atoms with Crippen LogP contribution in [0.5, 0.6) is 0 Å². The van der Waals surface area contributed by atoms with E-state index >= 15 is 0 Å². The molecule has 5 rings (SSSR count). The van der Waals surface area contributed by atoms with E-state index in [1.807, 2.05) is 6.21 Å². The summed E-state index contributed by atoms with van der Waals surface area (Å²) in [5.74, 6) is 0. The third kappa shape index (κ3) is 3.04. The van der Waals surface area contributed by atoms with Crippen molar-refractivity contribution in [3.63, 3.8) is 0 Å². The summed E-state index contributed by atoms with van der Waals surface area (Å²) in [6.45, 7) is 6.77. The lowest BCUT2D eigenvalue weighted by atomic mass is 9.81. The molecule has 3 heteroatoms. The Hall–Kier alpha value is -3.29. The zero-order valence-corrected chi connectivity index (χ0v) is 17.4. The van der Waals surface area contributed by atoms with E-state index in [0.717, 1.165) is 11.3 Å². The number of benzene rings is 3. The maximum atomic E-state index is 4.77. The van der Waals surface area contributed by atoms with Gasteiger partial charge in [-0.3, -0.25) is 0 Å². The number of hydrogen-bond donors (Lipinski definition) is 1. The molecule has 0 radical (unpaired) electrons. The highest BCUT2D eigenvalue weighted by atomic mass is 14.7. The van der Waals surface area contributed by atoms with Gasteiger partial charge < -0.3 is 4.98 Å². The number of fused-ring (bicyclic) bond motifs is 3. The van der Waals surface area contributed by atoms with E-state index in [1.54, 1.807) is 0 Å². The Morgan fingerprint density at radius 1 is 0.897 bits per heavy atom. The minimum absolute atomic E-state index is 0.117. The smallest absolute Gasteiger partial charge is 0.335 e. The largest absolute Gasteiger partial charge is 0.354 e. The standard InChI is InChI=1S/C26H23BN2/c1-26(2,3)18-11-16(12-19(27)14-18)24-13-17(15-28-24)20-8-6-9-22-21-7-4-5-10-23(21)29-25(20)22/h4-15H,27H2,1-3H3/p+1. The van der Waals surface area contributed by atoms with Crippen molar-refractivity contribution in [3.05, 3.63) is 83.4 Å². The Balaban J connectivity index is 1.61. The molecule has 1 aliphatic rings. The van der Waals surface area contributed by atoms with Gasteiger partial charge in [0.25, 0.3) is 0 Å². The fourth-order valence-corrected chi connectivity index (χ4v) is 4.14. The second-order valence-corrected chi connectivity index (χ2v) is 8.98. The molecule has 29 heavy (non-hydrogen) atoms. The van der Waals surface area contributed by atoms with Gasteiger partial charge in [-0.15, -0.1) is 0 Å². The molecule has 2 heterocycles. The summed E-state index contributed by atoms with van der Waals surface area (Å²) in [6.07, 6.45) is 4.20. The minimum atomic E-state index is 0.117. The number of hydrogen-bond acceptors (Lipinski definition) is 0. The Bertz CT molecular complexity index is 1370. The van der Waals surface area contributed by atoms with E-state index in [-0.39, 0.29) is 5.41 Å². The van der Waals surface area contributed by atoms with Crippen LogP contribution in [0.4, 0.5) is 0 Å². The Morgan fingerprint density at radius 3 is 2.52 bits per heavy atom. The molecule has 3 aromatic carbocycles. The molecule has 2 nitrogen and oxygen atoms in total. The van der Waals surface area contributed by atoms with Gasteiger partial charge in [-0.05, 0) is 23.1 Å². The van der Waals surface area contributed by atoms with E-state index in [0.29, 0.717) is 0 Å². The predicted octanol–water partition coefficient (Wildman–Crippen LogP) is 3.90. The molecule has 0 spiro atoms. The Labute approximate surface area is 172 Å². The molecule has 0 saturated heterocycles. The molecule has 1 aliphatic heterocycles. The molecular formula is C26H24BN2+. The van der Waals surface area contributed by atoms with Gasteiger partial charge in [0.2, 0.25) is 0 Å². The van der Waals surface area contributed by atoms with Gasteiger partial charge in [0.15, 0.2) is 0 Å². The van der Waals surface area contributed by atoms with Gasteiger partial charge in [0.05, 0.1) is 16.7 Å². The van der Waals surface area contributed by atoms with Crippen molar-refractivity contribution in [2.45, 2.75) is 26.2 Å². The molecular weight excluding hydrogens is 351 g/mol. The Morgan fingerprint density at radius 2 is 1.69 bits per heavy atom. The van der Waals surface area contributed by atoms with Crippen molar-refractivity contribution in [1.82, 2.24) is 9.65 Å². The summed E-state index contributed by atoms with van der Waals surface area (Å²) in [6, 6.07) is 21.8. The first kappa shape index (κ1) is 17.8. The maximum Gasteiger partial charge on any atom is 0.335 e. The van der Waals surface area contributed by atoms with E-state index < -0.39 is 0 Å². The average Bonchev–Trinajstić information content (AvgIpc) is 3.32. The summed E-state index contributed by atoms with van der Waals surface area (Å²) in [4.78, 5) is 3.60. The van der Waals surface area contributed by atoms with Crippen LogP contribution in [0.25, 0.3) is 27.4 Å². The van der Waals surface area contributed by atoms with Crippen LogP contribution in [0.1, 0.15) is 37.5 Å². The SMILES string of the molecule is Bc1cc(C2=[N+]=CC(c3cccc4c3[nH]c3ccccc34)=C2)cc(C(C)(C)C)c1. The summed E-state index contributed by atoms with van der Waals surface area (Å²) in [7, 11) is 2.16. The Kier molecular flexibility index (Phi) is 3.91. The van der Waals surface area contributed by atoms with Crippen LogP contribution in [-0.2, 0) is 5.41 Å². The van der Waals surface area contributed by atoms with Crippen LogP contribution in [0.15, 0.2) is 66.7 Å². The number of aromatic nitrogens is 1. The highest BCUT2D eigenvalue weighted by molar-refractivity contribution is 6.34. The normalized spacial score (nSPS) is 13.9. The third-order valence-corrected chi connectivity index (χ3v) is 5.73. The summed E-state index contributed by atoms with van der Waals surface area (Å²) < 4.78 is 4.77. The zero-order valence-electron chi connectivity index (χ0n) is 17.4. The fraction of sp³-hybridized carbons (Fsp3) is 0.154. The highest BCUT2D eigenvalue weighted by Crippen LogP contribution is 2.31. The minimum Gasteiger partial charge on any atom is -0.354 e. The molecule has 1 aromatic heterocycles. The molecule has 4 aromatic rings. The van der Waals surface area contributed by atoms with E-state index in [1.165, 1.54) is 44.0 Å². The first-order valence-electron chi connectivity index (χ1n) is 10.2. The lowest BCUT2D eigenvalue weighted by molar-refractivity contribution is 0.590. The third-order valence-electron chi connectivity index (χ3n) is 5.73. The van der Waals surface area contributed by atoms with Crippen LogP contribution in [0.3, 0.4) is 0 Å². The van der Waals surface area contributed by atoms with E-state index in [9.17, 15) is 0 Å². The van der Waals surface area contributed by atoms with Gasteiger partial charge >= 0.3 is 11.9 Å². The zero-order chi connectivity index (χ0) is 20.2. The van der Waals surface area contributed by atoms with Crippen molar-refractivity contribution in [1.29, 1.82) is 0 Å². The topological polar surface area (TPSA) is 29.9 Å². The van der Waals surface area contributed by atoms with Gasteiger partial charge in [-0.25, -0.2) is 0 Å². The van der Waals surface area contributed by atoms with E-state index in [2.05, 4.69) is 100 Å². The number of aromatic amines is 1. The van der Waals surface area contributed by atoms with Gasteiger partial charge in [0, 0.05) is 27.9 Å². The van der Waals surface area contributed by atoms with Crippen molar-refractivity contribution < 1.29 is 0 Å². The summed E-state index contributed by atoms with van der Waals surface area (Å²) in [5.41, 5.74) is 9.64. The quantitative estimate of drug-likeness (QED) is 0.407. The first-order valence-corrected chi connectivity index (χ1v) is 10.2. The first-order chi connectivity index (χ1) is 13.9. The number of nitrogens with zero attached hydrogens (tertiary/aromatic N) is 1. The summed E-state index contributed by atoms with van der Waals surface area (Å²) in [5, 5.41) is 2.52. The lowest BCUT2D eigenvalue weighted by Crippen LogP contribution is -2.17. The van der Waals surface area contributed by atoms with Crippen molar-refractivity contribution in [3.8, 4) is 0 Å². The van der Waals surface area contributed by atoms with Gasteiger partial charge in [-0.1, -0.05) is 79.4 Å². The van der Waals surface area contributed by atoms with Crippen LogP contribution in [0, 0.1) is 0 Å². The molecule has 0 saturated carbocycles. The predicted molar refractivity (Wildman–Crippen MR) is 129 cm³/mol. The number of allylic oxidation sites excluding steroid dienone is 2. The van der Waals surface area contributed by atoms with Gasteiger partial charge in [-0.2, -0.15) is 0 Å². The van der Waals surface area contributed by atoms with Crippen LogP contribution < -0.4 is 10.1 Å². The number of H-pyrrole nitrogens is 1. The molecule has 0 bridgehead atoms. The highest BCUT2D eigenvalue weighted by Gasteiger charge is 2.24. The second kappa shape index (κ2) is 6.37. The van der Waals surface area contributed by atoms with E-state index in [4.69, 9.17) is 4.67 Å². The fourth-order valence-electron chi connectivity index (χ4n) is 4.14. The number of rotatable bonds is 2. The monoisotopic (exact) mass is 375 g/mol. The van der Waals surface area contributed by atoms with Crippen LogP contribution in [-0.4, -0.2) is 24.8 Å². The average molecular weight is 375 g/mol.